The van der Waals surface area contributed by atoms with Crippen LogP contribution < -0.4 is 4.74 Å². The third kappa shape index (κ3) is 1.99. The van der Waals surface area contributed by atoms with Gasteiger partial charge in [0.15, 0.2) is 0 Å². The van der Waals surface area contributed by atoms with E-state index in [1.807, 2.05) is 12.1 Å². The molecule has 0 atom stereocenters. The fraction of sp³-hybridized carbons (Fsp3) is 0. The lowest BCUT2D eigenvalue weighted by molar-refractivity contribution is 0.330. The standard InChI is InChI=1S/C11H5N3O2/c12-6-8-3-9(7-13)5-10(4-8)16-11-14-1-2-15-11/h1-5H. The molecule has 0 spiro atoms. The number of nitrogens with zero attached hydrogens (tertiary/aromatic N) is 3. The molecule has 0 unspecified atom stereocenters. The van der Waals surface area contributed by atoms with Gasteiger partial charge in [-0.05, 0) is 18.2 Å². The third-order valence-corrected chi connectivity index (χ3v) is 1.78. The SMILES string of the molecule is N#Cc1cc(C#N)cc(Oc2ncco2)c1. The number of benzene rings is 1. The molecule has 0 fully saturated rings. The second kappa shape index (κ2) is 4.16. The van der Waals surface area contributed by atoms with Crippen molar-refractivity contribution in [2.24, 2.45) is 0 Å². The Morgan fingerprint density at radius 3 is 2.31 bits per heavy atom. The van der Waals surface area contributed by atoms with Crippen LogP contribution in [-0.4, -0.2) is 4.98 Å². The first-order valence-corrected chi connectivity index (χ1v) is 4.34. The van der Waals surface area contributed by atoms with Gasteiger partial charge in [0.05, 0.1) is 29.5 Å². The second-order valence-electron chi connectivity index (χ2n) is 2.87. The van der Waals surface area contributed by atoms with Crippen LogP contribution in [0.1, 0.15) is 11.1 Å². The minimum absolute atomic E-state index is 0.0685. The van der Waals surface area contributed by atoms with E-state index in [9.17, 15) is 0 Å². The van der Waals surface area contributed by atoms with Crippen molar-refractivity contribution in [3.05, 3.63) is 41.8 Å². The summed E-state index contributed by atoms with van der Waals surface area (Å²) in [5.41, 5.74) is 0.696. The fourth-order valence-electron chi connectivity index (χ4n) is 1.15. The number of hydrogen-bond donors (Lipinski definition) is 0. The van der Waals surface area contributed by atoms with Gasteiger partial charge in [0.25, 0.3) is 0 Å². The normalized spacial score (nSPS) is 9.12. The molecule has 1 aromatic heterocycles. The van der Waals surface area contributed by atoms with Gasteiger partial charge in [0, 0.05) is 0 Å². The van der Waals surface area contributed by atoms with Gasteiger partial charge < -0.3 is 9.15 Å². The highest BCUT2D eigenvalue weighted by Crippen LogP contribution is 2.22. The summed E-state index contributed by atoms with van der Waals surface area (Å²) in [6.45, 7) is 0. The van der Waals surface area contributed by atoms with E-state index in [4.69, 9.17) is 19.7 Å². The maximum atomic E-state index is 8.75. The van der Waals surface area contributed by atoms with Crippen LogP contribution in [-0.2, 0) is 0 Å². The van der Waals surface area contributed by atoms with Gasteiger partial charge in [-0.2, -0.15) is 15.5 Å². The molecule has 0 saturated heterocycles. The summed E-state index contributed by atoms with van der Waals surface area (Å²) in [6.07, 6.45) is 2.88. The van der Waals surface area contributed by atoms with Crippen molar-refractivity contribution >= 4 is 0 Å². The molecule has 5 heteroatoms. The second-order valence-corrected chi connectivity index (χ2v) is 2.87. The molecule has 76 valence electrons. The first kappa shape index (κ1) is 9.75. The van der Waals surface area contributed by atoms with Crippen LogP contribution in [0, 0.1) is 22.7 Å². The maximum Gasteiger partial charge on any atom is 0.399 e. The molecule has 0 aliphatic heterocycles. The van der Waals surface area contributed by atoms with Gasteiger partial charge in [-0.1, -0.05) is 0 Å². The summed E-state index contributed by atoms with van der Waals surface area (Å²) < 4.78 is 10.1. The minimum Gasteiger partial charge on any atom is -0.417 e. The van der Waals surface area contributed by atoms with Gasteiger partial charge in [0.1, 0.15) is 12.0 Å². The van der Waals surface area contributed by atoms with Crippen molar-refractivity contribution in [1.29, 1.82) is 10.5 Å². The molecule has 0 radical (unpaired) electrons. The van der Waals surface area contributed by atoms with Crippen LogP contribution in [0.4, 0.5) is 0 Å². The Hall–Kier alpha value is -2.79. The Morgan fingerprint density at radius 2 is 1.81 bits per heavy atom. The monoisotopic (exact) mass is 211 g/mol. The van der Waals surface area contributed by atoms with E-state index >= 15 is 0 Å². The smallest absolute Gasteiger partial charge is 0.399 e. The molecule has 0 aliphatic carbocycles. The summed E-state index contributed by atoms with van der Waals surface area (Å²) >= 11 is 0. The van der Waals surface area contributed by atoms with Crippen LogP contribution in [0.2, 0.25) is 0 Å². The van der Waals surface area contributed by atoms with Crippen LogP contribution in [0.5, 0.6) is 11.8 Å². The summed E-state index contributed by atoms with van der Waals surface area (Å²) in [5, 5.41) is 17.5. The first-order valence-electron chi connectivity index (χ1n) is 4.34. The molecular formula is C11H5N3O2. The lowest BCUT2D eigenvalue weighted by atomic mass is 10.1. The van der Waals surface area contributed by atoms with Crippen LogP contribution in [0.25, 0.3) is 0 Å². The average Bonchev–Trinajstić information content (AvgIpc) is 2.81. The van der Waals surface area contributed by atoms with Crippen molar-refractivity contribution < 1.29 is 9.15 Å². The van der Waals surface area contributed by atoms with E-state index in [-0.39, 0.29) is 6.08 Å². The molecule has 0 saturated carbocycles. The van der Waals surface area contributed by atoms with Crippen molar-refractivity contribution in [2.75, 3.05) is 0 Å². The summed E-state index contributed by atoms with van der Waals surface area (Å²) in [6, 6.07) is 8.36. The van der Waals surface area contributed by atoms with Gasteiger partial charge in [-0.3, -0.25) is 0 Å². The number of rotatable bonds is 2. The zero-order valence-corrected chi connectivity index (χ0v) is 8.04. The predicted molar refractivity (Wildman–Crippen MR) is 52.4 cm³/mol. The molecule has 2 rings (SSSR count). The van der Waals surface area contributed by atoms with Gasteiger partial charge in [-0.15, -0.1) is 0 Å². The maximum absolute atomic E-state index is 8.75. The van der Waals surface area contributed by atoms with Gasteiger partial charge >= 0.3 is 6.08 Å². The van der Waals surface area contributed by atoms with Crippen molar-refractivity contribution in [1.82, 2.24) is 4.98 Å². The highest BCUT2D eigenvalue weighted by atomic mass is 16.6. The Kier molecular flexibility index (Phi) is 2.53. The van der Waals surface area contributed by atoms with Crippen molar-refractivity contribution in [3.63, 3.8) is 0 Å². The summed E-state index contributed by atoms with van der Waals surface area (Å²) in [4.78, 5) is 3.77. The Labute approximate surface area is 91.1 Å². The number of ether oxygens (including phenoxy) is 1. The van der Waals surface area contributed by atoms with Gasteiger partial charge in [-0.25, -0.2) is 0 Å². The van der Waals surface area contributed by atoms with E-state index in [2.05, 4.69) is 4.98 Å². The fourth-order valence-corrected chi connectivity index (χ4v) is 1.15. The molecule has 2 aromatic rings. The quantitative estimate of drug-likeness (QED) is 0.760. The molecule has 0 N–H and O–H groups in total. The summed E-state index contributed by atoms with van der Waals surface area (Å²) in [5.74, 6) is 0.345. The zero-order valence-electron chi connectivity index (χ0n) is 8.04. The lowest BCUT2D eigenvalue weighted by Gasteiger charge is -2.01. The van der Waals surface area contributed by atoms with Crippen LogP contribution in [0.15, 0.2) is 35.1 Å². The number of nitriles is 2. The largest absolute Gasteiger partial charge is 0.417 e. The van der Waals surface area contributed by atoms with Crippen LogP contribution in [0.3, 0.4) is 0 Å². The number of oxazole rings is 1. The molecule has 0 aliphatic rings. The van der Waals surface area contributed by atoms with E-state index in [0.29, 0.717) is 16.9 Å². The van der Waals surface area contributed by atoms with E-state index in [0.717, 1.165) is 0 Å². The molecule has 1 aromatic carbocycles. The van der Waals surface area contributed by atoms with E-state index < -0.39 is 0 Å². The average molecular weight is 211 g/mol. The van der Waals surface area contributed by atoms with Crippen molar-refractivity contribution in [3.8, 4) is 24.0 Å². The van der Waals surface area contributed by atoms with E-state index in [1.165, 1.54) is 30.7 Å². The highest BCUT2D eigenvalue weighted by Gasteiger charge is 2.05. The molecule has 16 heavy (non-hydrogen) atoms. The molecular weight excluding hydrogens is 206 g/mol. The number of aromatic nitrogens is 1. The third-order valence-electron chi connectivity index (χ3n) is 1.78. The predicted octanol–water partition coefficient (Wildman–Crippen LogP) is 2.21. The Morgan fingerprint density at radius 1 is 1.12 bits per heavy atom. The Bertz CT molecular complexity index is 544. The van der Waals surface area contributed by atoms with Gasteiger partial charge in [0.2, 0.25) is 0 Å². The molecule has 1 heterocycles. The Balaban J connectivity index is 2.35. The number of hydrogen-bond acceptors (Lipinski definition) is 5. The zero-order chi connectivity index (χ0) is 11.4. The van der Waals surface area contributed by atoms with Crippen LogP contribution >= 0.6 is 0 Å². The highest BCUT2D eigenvalue weighted by molar-refractivity contribution is 5.45. The van der Waals surface area contributed by atoms with Crippen molar-refractivity contribution in [2.45, 2.75) is 0 Å². The topological polar surface area (TPSA) is 82.8 Å². The minimum atomic E-state index is 0.0685. The van der Waals surface area contributed by atoms with E-state index in [1.54, 1.807) is 0 Å². The first-order chi connectivity index (χ1) is 7.81. The molecule has 0 amide bonds. The summed E-state index contributed by atoms with van der Waals surface area (Å²) in [7, 11) is 0. The molecule has 5 nitrogen and oxygen atoms in total. The lowest BCUT2D eigenvalue weighted by Crippen LogP contribution is -1.87. The molecule has 0 bridgehead atoms.